The van der Waals surface area contributed by atoms with Crippen LogP contribution in [0.25, 0.3) is 0 Å². The average Bonchev–Trinajstić information content (AvgIpc) is 2.66. The van der Waals surface area contributed by atoms with Crippen LogP contribution in [0.4, 0.5) is 20.2 Å². The van der Waals surface area contributed by atoms with Gasteiger partial charge in [0.25, 0.3) is 11.8 Å². The van der Waals surface area contributed by atoms with E-state index in [0.29, 0.717) is 10.7 Å². The predicted octanol–water partition coefficient (Wildman–Crippen LogP) is 5.12. The third-order valence-corrected chi connectivity index (χ3v) is 4.02. The topological polar surface area (TPSA) is 58.2 Å². The van der Waals surface area contributed by atoms with Crippen LogP contribution >= 0.6 is 11.6 Å². The second kappa shape index (κ2) is 7.97. The first kappa shape index (κ1) is 18.5. The van der Waals surface area contributed by atoms with Crippen molar-refractivity contribution in [2.75, 3.05) is 10.6 Å². The van der Waals surface area contributed by atoms with Gasteiger partial charge in [0.05, 0.1) is 10.7 Å². The van der Waals surface area contributed by atoms with Crippen molar-refractivity contribution >= 4 is 34.8 Å². The molecule has 0 saturated heterocycles. The Hall–Kier alpha value is -3.25. The number of amides is 2. The number of benzene rings is 3. The van der Waals surface area contributed by atoms with Crippen LogP contribution in [0.15, 0.2) is 66.7 Å². The summed E-state index contributed by atoms with van der Waals surface area (Å²) >= 11 is 6.02. The largest absolute Gasteiger partial charge is 0.322 e. The summed E-state index contributed by atoms with van der Waals surface area (Å²) in [6.07, 6.45) is 0. The molecule has 27 heavy (non-hydrogen) atoms. The molecule has 0 atom stereocenters. The molecule has 0 fully saturated rings. The molecular formula is C20H13ClF2N2O2. The minimum absolute atomic E-state index is 0.102. The fraction of sp³-hybridized carbons (Fsp3) is 0. The van der Waals surface area contributed by atoms with Crippen molar-refractivity contribution in [2.24, 2.45) is 0 Å². The lowest BCUT2D eigenvalue weighted by atomic mass is 10.1. The van der Waals surface area contributed by atoms with E-state index in [-0.39, 0.29) is 16.8 Å². The monoisotopic (exact) mass is 386 g/mol. The number of hydrogen-bond acceptors (Lipinski definition) is 2. The first-order valence-corrected chi connectivity index (χ1v) is 8.24. The zero-order valence-corrected chi connectivity index (χ0v) is 14.6. The highest BCUT2D eigenvalue weighted by molar-refractivity contribution is 6.33. The van der Waals surface area contributed by atoms with Crippen molar-refractivity contribution in [1.82, 2.24) is 0 Å². The first-order valence-electron chi connectivity index (χ1n) is 7.86. The number of para-hydroxylation sites is 1. The molecule has 3 aromatic rings. The molecular weight excluding hydrogens is 374 g/mol. The summed E-state index contributed by atoms with van der Waals surface area (Å²) in [7, 11) is 0. The molecule has 0 aromatic heterocycles. The lowest BCUT2D eigenvalue weighted by Crippen LogP contribution is -2.15. The summed E-state index contributed by atoms with van der Waals surface area (Å²) in [5.41, 5.74) is 0.977. The van der Waals surface area contributed by atoms with Gasteiger partial charge in [0.1, 0.15) is 0 Å². The fourth-order valence-electron chi connectivity index (χ4n) is 2.34. The molecule has 0 heterocycles. The van der Waals surface area contributed by atoms with E-state index in [1.54, 1.807) is 36.4 Å². The van der Waals surface area contributed by atoms with Crippen molar-refractivity contribution in [2.45, 2.75) is 0 Å². The fourth-order valence-corrected chi connectivity index (χ4v) is 2.52. The lowest BCUT2D eigenvalue weighted by molar-refractivity contribution is 0.102. The van der Waals surface area contributed by atoms with Crippen molar-refractivity contribution < 1.29 is 18.4 Å². The highest BCUT2D eigenvalue weighted by Gasteiger charge is 2.13. The van der Waals surface area contributed by atoms with Gasteiger partial charge in [-0.05, 0) is 42.5 Å². The van der Waals surface area contributed by atoms with E-state index < -0.39 is 23.4 Å². The van der Waals surface area contributed by atoms with Gasteiger partial charge in [0.2, 0.25) is 0 Å². The second-order valence-corrected chi connectivity index (χ2v) is 6.00. The molecule has 136 valence electrons. The van der Waals surface area contributed by atoms with Crippen LogP contribution in [-0.4, -0.2) is 11.8 Å². The molecule has 3 rings (SSSR count). The average molecular weight is 387 g/mol. The molecule has 4 nitrogen and oxygen atoms in total. The Morgan fingerprint density at radius 1 is 0.741 bits per heavy atom. The highest BCUT2D eigenvalue weighted by Crippen LogP contribution is 2.21. The number of halogens is 3. The molecule has 0 aliphatic rings. The third kappa shape index (κ3) is 4.48. The molecule has 0 radical (unpaired) electrons. The summed E-state index contributed by atoms with van der Waals surface area (Å²) in [5, 5.41) is 5.50. The van der Waals surface area contributed by atoms with Crippen LogP contribution in [0.1, 0.15) is 20.7 Å². The van der Waals surface area contributed by atoms with E-state index in [1.807, 2.05) is 0 Å². The summed E-state index contributed by atoms with van der Waals surface area (Å²) in [5.74, 6) is -3.08. The Labute approximate surface area is 158 Å². The Morgan fingerprint density at radius 2 is 1.41 bits per heavy atom. The zero-order valence-electron chi connectivity index (χ0n) is 13.8. The van der Waals surface area contributed by atoms with Crippen molar-refractivity contribution in [3.05, 3.63) is 94.5 Å². The Bertz CT molecular complexity index is 1020. The minimum Gasteiger partial charge on any atom is -0.322 e. The molecule has 0 spiro atoms. The van der Waals surface area contributed by atoms with E-state index in [0.717, 1.165) is 12.1 Å². The number of hydrogen-bond donors (Lipinski definition) is 2. The maximum Gasteiger partial charge on any atom is 0.255 e. The summed E-state index contributed by atoms with van der Waals surface area (Å²) in [4.78, 5) is 24.7. The first-order chi connectivity index (χ1) is 12.9. The molecule has 0 unspecified atom stereocenters. The molecule has 0 aliphatic carbocycles. The Kier molecular flexibility index (Phi) is 5.47. The van der Waals surface area contributed by atoms with E-state index in [2.05, 4.69) is 10.6 Å². The molecule has 2 N–H and O–H groups in total. The van der Waals surface area contributed by atoms with Crippen LogP contribution in [0, 0.1) is 11.6 Å². The summed E-state index contributed by atoms with van der Waals surface area (Å²) < 4.78 is 26.2. The van der Waals surface area contributed by atoms with E-state index in [1.165, 1.54) is 18.2 Å². The molecule has 0 bridgehead atoms. The maximum absolute atomic E-state index is 13.3. The molecule has 7 heteroatoms. The number of carbonyl (C=O) groups excluding carboxylic acids is 2. The standard InChI is InChI=1S/C20H13ClF2N2O2/c21-15-6-1-2-7-18(15)25-20(27)13-5-3-4-12(10-13)19(26)24-14-8-9-16(22)17(23)11-14/h1-11H,(H,24,26)(H,25,27). The second-order valence-electron chi connectivity index (χ2n) is 5.60. The van der Waals surface area contributed by atoms with Crippen LogP contribution in [0.2, 0.25) is 5.02 Å². The van der Waals surface area contributed by atoms with Crippen molar-refractivity contribution in [3.63, 3.8) is 0 Å². The van der Waals surface area contributed by atoms with E-state index in [9.17, 15) is 18.4 Å². The Balaban J connectivity index is 1.76. The van der Waals surface area contributed by atoms with Crippen LogP contribution in [0.3, 0.4) is 0 Å². The van der Waals surface area contributed by atoms with Gasteiger partial charge in [0.15, 0.2) is 11.6 Å². The van der Waals surface area contributed by atoms with Crippen LogP contribution in [0.5, 0.6) is 0 Å². The van der Waals surface area contributed by atoms with Crippen LogP contribution in [-0.2, 0) is 0 Å². The van der Waals surface area contributed by atoms with E-state index >= 15 is 0 Å². The molecule has 0 saturated carbocycles. The van der Waals surface area contributed by atoms with Gasteiger partial charge in [-0.2, -0.15) is 0 Å². The minimum atomic E-state index is -1.07. The highest BCUT2D eigenvalue weighted by atomic mass is 35.5. The van der Waals surface area contributed by atoms with Gasteiger partial charge in [-0.25, -0.2) is 8.78 Å². The maximum atomic E-state index is 13.3. The summed E-state index contributed by atoms with van der Waals surface area (Å²) in [6, 6.07) is 15.8. The van der Waals surface area contributed by atoms with Gasteiger partial charge < -0.3 is 10.6 Å². The number of carbonyl (C=O) groups is 2. The van der Waals surface area contributed by atoms with Gasteiger partial charge in [-0.15, -0.1) is 0 Å². The van der Waals surface area contributed by atoms with Crippen molar-refractivity contribution in [3.8, 4) is 0 Å². The third-order valence-electron chi connectivity index (χ3n) is 3.69. The SMILES string of the molecule is O=C(Nc1ccc(F)c(F)c1)c1cccc(C(=O)Nc2ccccc2Cl)c1. The Morgan fingerprint density at radius 3 is 2.07 bits per heavy atom. The van der Waals surface area contributed by atoms with Gasteiger partial charge in [0, 0.05) is 22.9 Å². The smallest absolute Gasteiger partial charge is 0.255 e. The number of rotatable bonds is 4. The number of nitrogens with one attached hydrogen (secondary N) is 2. The van der Waals surface area contributed by atoms with Crippen molar-refractivity contribution in [1.29, 1.82) is 0 Å². The van der Waals surface area contributed by atoms with Gasteiger partial charge >= 0.3 is 0 Å². The molecule has 3 aromatic carbocycles. The normalized spacial score (nSPS) is 10.3. The zero-order chi connectivity index (χ0) is 19.4. The molecule has 0 aliphatic heterocycles. The quantitative estimate of drug-likeness (QED) is 0.653. The number of anilines is 2. The predicted molar refractivity (Wildman–Crippen MR) is 100 cm³/mol. The van der Waals surface area contributed by atoms with Gasteiger partial charge in [-0.3, -0.25) is 9.59 Å². The van der Waals surface area contributed by atoms with Crippen LogP contribution < -0.4 is 10.6 Å². The lowest BCUT2D eigenvalue weighted by Gasteiger charge is -2.09. The van der Waals surface area contributed by atoms with Gasteiger partial charge in [-0.1, -0.05) is 29.8 Å². The molecule has 2 amide bonds. The van der Waals surface area contributed by atoms with E-state index in [4.69, 9.17) is 11.6 Å². The summed E-state index contributed by atoms with van der Waals surface area (Å²) in [6.45, 7) is 0.